The zero-order chi connectivity index (χ0) is 9.03. The quantitative estimate of drug-likeness (QED) is 0.713. The van der Waals surface area contributed by atoms with Gasteiger partial charge in [-0.15, -0.1) is 0 Å². The molecule has 1 fully saturated rings. The van der Waals surface area contributed by atoms with Crippen molar-refractivity contribution in [1.82, 2.24) is 4.90 Å². The molecular weight excluding hydrogens is 174 g/mol. The first kappa shape index (κ1) is 10.0. The van der Waals surface area contributed by atoms with Crippen LogP contribution in [0.4, 0.5) is 0 Å². The Morgan fingerprint density at radius 3 is 3.00 bits per heavy atom. The number of hydrogen-bond donors (Lipinski definition) is 1. The maximum Gasteiger partial charge on any atom is 0.0746 e. The minimum absolute atomic E-state index is 0.502. The molecule has 3 heteroatoms. The van der Waals surface area contributed by atoms with Gasteiger partial charge in [-0.05, 0) is 26.3 Å². The van der Waals surface area contributed by atoms with Crippen molar-refractivity contribution in [2.45, 2.75) is 25.4 Å². The molecule has 1 unspecified atom stereocenters. The summed E-state index contributed by atoms with van der Waals surface area (Å²) in [4.78, 5) is 2.21. The molecule has 1 aliphatic heterocycles. The Morgan fingerprint density at radius 1 is 1.67 bits per heavy atom. The van der Waals surface area contributed by atoms with Crippen molar-refractivity contribution in [3.8, 4) is 0 Å². The lowest BCUT2D eigenvalue weighted by Crippen LogP contribution is -2.45. The number of piperidine rings is 1. The van der Waals surface area contributed by atoms with Crippen molar-refractivity contribution in [1.29, 1.82) is 0 Å². The summed E-state index contributed by atoms with van der Waals surface area (Å²) >= 11 is 5.42. The van der Waals surface area contributed by atoms with E-state index in [4.69, 9.17) is 11.6 Å². The minimum Gasteiger partial charge on any atom is -0.389 e. The third kappa shape index (κ3) is 3.13. The number of nitrogens with zero attached hydrogens (tertiary/aromatic N) is 1. The molecule has 12 heavy (non-hydrogen) atoms. The Hall–Kier alpha value is -0.0500. The lowest BCUT2D eigenvalue weighted by molar-refractivity contribution is -0.0116. The van der Waals surface area contributed by atoms with E-state index in [1.807, 2.05) is 13.0 Å². The van der Waals surface area contributed by atoms with Gasteiger partial charge in [0, 0.05) is 18.6 Å². The molecule has 0 amide bonds. The van der Waals surface area contributed by atoms with Crippen LogP contribution in [0, 0.1) is 0 Å². The molecule has 2 nitrogen and oxygen atoms in total. The molecule has 1 atom stereocenters. The van der Waals surface area contributed by atoms with E-state index >= 15 is 0 Å². The molecule has 0 bridgehead atoms. The Labute approximate surface area is 78.8 Å². The summed E-state index contributed by atoms with van der Waals surface area (Å²) in [7, 11) is 0. The van der Waals surface area contributed by atoms with Crippen LogP contribution >= 0.6 is 11.6 Å². The summed E-state index contributed by atoms with van der Waals surface area (Å²) in [5, 5.41) is 9.75. The molecule has 70 valence electrons. The van der Waals surface area contributed by atoms with Gasteiger partial charge in [-0.25, -0.2) is 0 Å². The van der Waals surface area contributed by atoms with Gasteiger partial charge in [0.05, 0.1) is 5.60 Å². The first-order valence-corrected chi connectivity index (χ1v) is 4.78. The topological polar surface area (TPSA) is 23.5 Å². The van der Waals surface area contributed by atoms with Crippen LogP contribution in [0.1, 0.15) is 19.8 Å². The van der Waals surface area contributed by atoms with Crippen LogP contribution in [0.2, 0.25) is 0 Å². The number of halogens is 1. The molecule has 0 spiro atoms. The van der Waals surface area contributed by atoms with Gasteiger partial charge in [-0.1, -0.05) is 17.7 Å². The fourth-order valence-corrected chi connectivity index (χ4v) is 1.75. The minimum atomic E-state index is -0.502. The van der Waals surface area contributed by atoms with Crippen molar-refractivity contribution in [3.05, 3.63) is 11.6 Å². The summed E-state index contributed by atoms with van der Waals surface area (Å²) < 4.78 is 0. The molecule has 1 saturated heterocycles. The predicted molar refractivity (Wildman–Crippen MR) is 51.3 cm³/mol. The number of rotatable bonds is 2. The van der Waals surface area contributed by atoms with Gasteiger partial charge >= 0.3 is 0 Å². The van der Waals surface area contributed by atoms with Gasteiger partial charge in [-0.2, -0.15) is 0 Å². The molecule has 1 aliphatic rings. The maximum atomic E-state index is 9.75. The van der Waals surface area contributed by atoms with Gasteiger partial charge in [0.25, 0.3) is 0 Å². The highest BCUT2D eigenvalue weighted by Gasteiger charge is 2.27. The summed E-state index contributed by atoms with van der Waals surface area (Å²) in [6, 6.07) is 0. The Balaban J connectivity index is 2.36. The van der Waals surface area contributed by atoms with Gasteiger partial charge in [0.1, 0.15) is 0 Å². The molecule has 0 aliphatic carbocycles. The first-order chi connectivity index (χ1) is 5.64. The van der Waals surface area contributed by atoms with E-state index in [1.165, 1.54) is 5.54 Å². The standard InChI is InChI=1S/C9H16ClNO/c1-9(12)4-2-6-11(8-9)7-3-5-10/h3,5,12H,2,4,6-8H2,1H3/b5-3+. The lowest BCUT2D eigenvalue weighted by atomic mass is 9.95. The molecule has 0 aromatic carbocycles. The lowest BCUT2D eigenvalue weighted by Gasteiger charge is -2.36. The Morgan fingerprint density at radius 2 is 2.42 bits per heavy atom. The van der Waals surface area contributed by atoms with E-state index in [0.717, 1.165) is 32.5 Å². The molecule has 1 rings (SSSR count). The molecule has 0 radical (unpaired) electrons. The fourth-order valence-electron chi connectivity index (χ4n) is 1.67. The summed E-state index contributed by atoms with van der Waals surface area (Å²) in [6.45, 7) is 4.56. The average Bonchev–Trinajstić information content (AvgIpc) is 1.99. The fraction of sp³-hybridized carbons (Fsp3) is 0.778. The van der Waals surface area contributed by atoms with Gasteiger partial charge in [0.2, 0.25) is 0 Å². The molecule has 0 aromatic rings. The smallest absolute Gasteiger partial charge is 0.0746 e. The van der Waals surface area contributed by atoms with Crippen molar-refractivity contribution >= 4 is 11.6 Å². The first-order valence-electron chi connectivity index (χ1n) is 4.34. The van der Waals surface area contributed by atoms with Crippen LogP contribution in [0.5, 0.6) is 0 Å². The highest BCUT2D eigenvalue weighted by atomic mass is 35.5. The summed E-state index contributed by atoms with van der Waals surface area (Å²) in [5.74, 6) is 0. The second-order valence-corrected chi connectivity index (χ2v) is 3.95. The third-order valence-electron chi connectivity index (χ3n) is 2.21. The average molecular weight is 190 g/mol. The van der Waals surface area contributed by atoms with Crippen molar-refractivity contribution in [2.75, 3.05) is 19.6 Å². The van der Waals surface area contributed by atoms with E-state index in [2.05, 4.69) is 4.90 Å². The molecule has 1 N–H and O–H groups in total. The van der Waals surface area contributed by atoms with E-state index in [9.17, 15) is 5.11 Å². The second kappa shape index (κ2) is 4.26. The van der Waals surface area contributed by atoms with Crippen molar-refractivity contribution in [3.63, 3.8) is 0 Å². The van der Waals surface area contributed by atoms with Crippen LogP contribution < -0.4 is 0 Å². The summed E-state index contributed by atoms with van der Waals surface area (Å²) in [6.07, 6.45) is 3.89. The van der Waals surface area contributed by atoms with Gasteiger partial charge in [0.15, 0.2) is 0 Å². The normalized spacial score (nSPS) is 32.9. The molecule has 0 aromatic heterocycles. The van der Waals surface area contributed by atoms with Crippen LogP contribution in [-0.4, -0.2) is 35.2 Å². The molecule has 0 saturated carbocycles. The maximum absolute atomic E-state index is 9.75. The van der Waals surface area contributed by atoms with E-state index < -0.39 is 5.60 Å². The Kier molecular flexibility index (Phi) is 3.56. The van der Waals surface area contributed by atoms with Crippen LogP contribution in [-0.2, 0) is 0 Å². The van der Waals surface area contributed by atoms with E-state index in [-0.39, 0.29) is 0 Å². The van der Waals surface area contributed by atoms with E-state index in [0.29, 0.717) is 0 Å². The van der Waals surface area contributed by atoms with Crippen LogP contribution in [0.15, 0.2) is 11.6 Å². The summed E-state index contributed by atoms with van der Waals surface area (Å²) in [5.41, 5.74) is 1.03. The highest BCUT2D eigenvalue weighted by Crippen LogP contribution is 2.19. The highest BCUT2D eigenvalue weighted by molar-refractivity contribution is 6.25. The third-order valence-corrected chi connectivity index (χ3v) is 2.38. The van der Waals surface area contributed by atoms with Gasteiger partial charge < -0.3 is 5.11 Å². The van der Waals surface area contributed by atoms with Crippen molar-refractivity contribution < 1.29 is 5.11 Å². The number of likely N-dealkylation sites (tertiary alicyclic amines) is 1. The Bertz CT molecular complexity index is 168. The predicted octanol–water partition coefficient (Wildman–Crippen LogP) is 1.59. The molecular formula is C9H16ClNO. The van der Waals surface area contributed by atoms with E-state index in [1.54, 1.807) is 0 Å². The SMILES string of the molecule is CC1(O)CCCN(C/C=C/Cl)C1. The molecule has 1 heterocycles. The van der Waals surface area contributed by atoms with Crippen molar-refractivity contribution in [2.24, 2.45) is 0 Å². The monoisotopic (exact) mass is 189 g/mol. The number of aliphatic hydroxyl groups is 1. The number of hydrogen-bond acceptors (Lipinski definition) is 2. The zero-order valence-corrected chi connectivity index (χ0v) is 8.22. The van der Waals surface area contributed by atoms with Gasteiger partial charge in [-0.3, -0.25) is 4.90 Å². The second-order valence-electron chi connectivity index (χ2n) is 3.70. The van der Waals surface area contributed by atoms with Crippen LogP contribution in [0.25, 0.3) is 0 Å². The zero-order valence-electron chi connectivity index (χ0n) is 7.46. The largest absolute Gasteiger partial charge is 0.389 e. The number of β-amino-alcohol motifs (C(OH)–C–C–N with tert-alkyl or cyclic N) is 1. The van der Waals surface area contributed by atoms with Crippen LogP contribution in [0.3, 0.4) is 0 Å².